The minimum atomic E-state index is -0.443. The van der Waals surface area contributed by atoms with Crippen LogP contribution in [0.3, 0.4) is 0 Å². The van der Waals surface area contributed by atoms with E-state index >= 15 is 0 Å². The summed E-state index contributed by atoms with van der Waals surface area (Å²) >= 11 is 3.54. The van der Waals surface area contributed by atoms with Crippen molar-refractivity contribution in [3.8, 4) is 5.75 Å². The molecule has 0 fully saturated rings. The number of hydrogen-bond donors (Lipinski definition) is 2. The summed E-state index contributed by atoms with van der Waals surface area (Å²) in [6.45, 7) is 6.11. The molecule has 2 aromatic rings. The van der Waals surface area contributed by atoms with Crippen molar-refractivity contribution in [2.24, 2.45) is 5.41 Å². The van der Waals surface area contributed by atoms with E-state index in [9.17, 15) is 9.59 Å². The number of dihydropyridines is 1. The molecule has 1 heterocycles. The van der Waals surface area contributed by atoms with Gasteiger partial charge in [-0.05, 0) is 48.6 Å². The summed E-state index contributed by atoms with van der Waals surface area (Å²) in [7, 11) is 1.57. The molecular weight excluding hydrogens is 468 g/mol. The summed E-state index contributed by atoms with van der Waals surface area (Å²) in [4.78, 5) is 27.0. The molecule has 1 aliphatic heterocycles. The van der Waals surface area contributed by atoms with E-state index in [1.807, 2.05) is 43.3 Å². The van der Waals surface area contributed by atoms with Crippen LogP contribution < -0.4 is 15.4 Å². The average Bonchev–Trinajstić information content (AvgIpc) is 2.72. The van der Waals surface area contributed by atoms with Gasteiger partial charge in [0.15, 0.2) is 5.78 Å². The molecule has 0 radical (unpaired) electrons. The normalized spacial score (nSPS) is 19.9. The number of ketones is 1. The number of para-hydroxylation sites is 2. The Hall–Kier alpha value is -2.86. The van der Waals surface area contributed by atoms with Gasteiger partial charge >= 0.3 is 0 Å². The third-order valence-electron chi connectivity index (χ3n) is 6.02. The van der Waals surface area contributed by atoms with Crippen molar-refractivity contribution in [1.29, 1.82) is 0 Å². The molecule has 0 spiro atoms. The first kappa shape index (κ1) is 22.3. The van der Waals surface area contributed by atoms with Crippen LogP contribution in [-0.2, 0) is 9.59 Å². The van der Waals surface area contributed by atoms with Crippen molar-refractivity contribution in [3.63, 3.8) is 0 Å². The highest BCUT2D eigenvalue weighted by Crippen LogP contribution is 2.47. The highest BCUT2D eigenvalue weighted by molar-refractivity contribution is 9.10. The van der Waals surface area contributed by atoms with E-state index in [1.54, 1.807) is 19.2 Å². The Morgan fingerprint density at radius 3 is 2.62 bits per heavy atom. The Morgan fingerprint density at radius 1 is 1.16 bits per heavy atom. The number of carbonyl (C=O) groups excluding carboxylic acids is 2. The number of hydrogen-bond acceptors (Lipinski definition) is 4. The first-order chi connectivity index (χ1) is 15.2. The molecule has 6 heteroatoms. The van der Waals surface area contributed by atoms with Crippen LogP contribution in [0.5, 0.6) is 5.75 Å². The fourth-order valence-corrected chi connectivity index (χ4v) is 5.11. The zero-order valence-electron chi connectivity index (χ0n) is 18.7. The SMILES string of the molecule is COc1ccccc1NC(=O)C1=C(C)NC2=C(C(=O)CC(C)(C)C2)[C@H]1c1cccc(Br)c1. The maximum Gasteiger partial charge on any atom is 0.254 e. The molecule has 2 N–H and O–H groups in total. The summed E-state index contributed by atoms with van der Waals surface area (Å²) in [6, 6.07) is 15.1. The zero-order valence-corrected chi connectivity index (χ0v) is 20.3. The number of ether oxygens (including phenoxy) is 1. The monoisotopic (exact) mass is 494 g/mol. The van der Waals surface area contributed by atoms with E-state index in [-0.39, 0.29) is 17.1 Å². The number of nitrogens with one attached hydrogen (secondary N) is 2. The molecule has 2 aromatic carbocycles. The Kier molecular flexibility index (Phi) is 5.99. The lowest BCUT2D eigenvalue weighted by Gasteiger charge is -2.39. The van der Waals surface area contributed by atoms with E-state index in [0.717, 1.165) is 27.9 Å². The average molecular weight is 495 g/mol. The van der Waals surface area contributed by atoms with Crippen LogP contribution in [0.2, 0.25) is 0 Å². The molecule has 32 heavy (non-hydrogen) atoms. The van der Waals surface area contributed by atoms with Gasteiger partial charge in [-0.2, -0.15) is 0 Å². The van der Waals surface area contributed by atoms with Crippen LogP contribution in [0, 0.1) is 5.41 Å². The van der Waals surface area contributed by atoms with Gasteiger partial charge in [-0.1, -0.05) is 54.0 Å². The second-order valence-corrected chi connectivity index (χ2v) is 10.1. The lowest BCUT2D eigenvalue weighted by Crippen LogP contribution is -2.39. The number of allylic oxidation sites excluding steroid dienone is 3. The first-order valence-electron chi connectivity index (χ1n) is 10.6. The van der Waals surface area contributed by atoms with Crippen molar-refractivity contribution in [1.82, 2.24) is 5.32 Å². The van der Waals surface area contributed by atoms with Gasteiger partial charge in [-0.25, -0.2) is 0 Å². The van der Waals surface area contributed by atoms with E-state index in [2.05, 4.69) is 40.4 Å². The Labute approximate surface area is 197 Å². The molecular formula is C26H27BrN2O3. The minimum Gasteiger partial charge on any atom is -0.495 e. The molecule has 1 atom stereocenters. The number of carbonyl (C=O) groups is 2. The smallest absolute Gasteiger partial charge is 0.254 e. The standard InChI is InChI=1S/C26H27BrN2O3/c1-15-22(25(31)29-18-10-5-6-11-21(18)32-4)23(16-8-7-9-17(27)12-16)24-19(28-15)13-26(2,3)14-20(24)30/h5-12,23,28H,13-14H2,1-4H3,(H,29,31)/t23-/m0/s1. The van der Waals surface area contributed by atoms with Crippen molar-refractivity contribution in [2.75, 3.05) is 12.4 Å². The third-order valence-corrected chi connectivity index (χ3v) is 6.51. The fraction of sp³-hybridized carbons (Fsp3) is 0.308. The fourth-order valence-electron chi connectivity index (χ4n) is 4.69. The largest absolute Gasteiger partial charge is 0.495 e. The topological polar surface area (TPSA) is 67.4 Å². The maximum atomic E-state index is 13.6. The van der Waals surface area contributed by atoms with Gasteiger partial charge in [0.2, 0.25) is 0 Å². The summed E-state index contributed by atoms with van der Waals surface area (Å²) in [5, 5.41) is 6.39. The Balaban J connectivity index is 1.82. The van der Waals surface area contributed by atoms with Gasteiger partial charge < -0.3 is 15.4 Å². The highest BCUT2D eigenvalue weighted by Gasteiger charge is 2.42. The van der Waals surface area contributed by atoms with E-state index < -0.39 is 5.92 Å². The number of Topliss-reactive ketones (excluding diaryl/α,β-unsaturated/α-hetero) is 1. The maximum absolute atomic E-state index is 13.6. The summed E-state index contributed by atoms with van der Waals surface area (Å²) in [6.07, 6.45) is 1.22. The molecule has 0 saturated carbocycles. The quantitative estimate of drug-likeness (QED) is 0.571. The van der Waals surface area contributed by atoms with Crippen molar-refractivity contribution in [3.05, 3.63) is 81.1 Å². The van der Waals surface area contributed by atoms with Gasteiger partial charge in [-0.3, -0.25) is 9.59 Å². The molecule has 0 bridgehead atoms. The first-order valence-corrected chi connectivity index (χ1v) is 11.4. The molecule has 4 rings (SSSR count). The second kappa shape index (κ2) is 8.58. The van der Waals surface area contributed by atoms with Crippen molar-refractivity contribution >= 4 is 33.3 Å². The van der Waals surface area contributed by atoms with Gasteiger partial charge in [0, 0.05) is 39.4 Å². The van der Waals surface area contributed by atoms with Crippen LogP contribution in [-0.4, -0.2) is 18.8 Å². The lowest BCUT2D eigenvalue weighted by atomic mass is 9.68. The summed E-state index contributed by atoms with van der Waals surface area (Å²) in [5.74, 6) is -0.0307. The molecule has 0 unspecified atom stereocenters. The highest BCUT2D eigenvalue weighted by atomic mass is 79.9. The van der Waals surface area contributed by atoms with Crippen molar-refractivity contribution in [2.45, 2.75) is 39.5 Å². The number of anilines is 1. The molecule has 5 nitrogen and oxygen atoms in total. The third kappa shape index (κ3) is 4.24. The van der Waals surface area contributed by atoms with Gasteiger partial charge in [0.05, 0.1) is 12.8 Å². The molecule has 1 amide bonds. The van der Waals surface area contributed by atoms with E-state index in [0.29, 0.717) is 29.0 Å². The number of rotatable bonds is 4. The summed E-state index contributed by atoms with van der Waals surface area (Å²) < 4.78 is 6.30. The van der Waals surface area contributed by atoms with E-state index in [4.69, 9.17) is 4.74 Å². The molecule has 1 aliphatic carbocycles. The zero-order chi connectivity index (χ0) is 23.0. The van der Waals surface area contributed by atoms with Crippen LogP contribution in [0.25, 0.3) is 0 Å². The molecule has 166 valence electrons. The lowest BCUT2D eigenvalue weighted by molar-refractivity contribution is -0.118. The van der Waals surface area contributed by atoms with Crippen LogP contribution >= 0.6 is 15.9 Å². The van der Waals surface area contributed by atoms with Gasteiger partial charge in [0.1, 0.15) is 5.75 Å². The van der Waals surface area contributed by atoms with Gasteiger partial charge in [-0.15, -0.1) is 0 Å². The second-order valence-electron chi connectivity index (χ2n) is 9.14. The van der Waals surface area contributed by atoms with Gasteiger partial charge in [0.25, 0.3) is 5.91 Å². The van der Waals surface area contributed by atoms with Crippen LogP contribution in [0.4, 0.5) is 5.69 Å². The van der Waals surface area contributed by atoms with Crippen LogP contribution in [0.15, 0.2) is 75.5 Å². The number of amides is 1. The molecule has 2 aliphatic rings. The number of halogens is 1. The Morgan fingerprint density at radius 2 is 1.91 bits per heavy atom. The minimum absolute atomic E-state index is 0.0869. The predicted octanol–water partition coefficient (Wildman–Crippen LogP) is 5.70. The molecule has 0 saturated heterocycles. The molecule has 0 aromatic heterocycles. The number of methoxy groups -OCH3 is 1. The predicted molar refractivity (Wildman–Crippen MR) is 129 cm³/mol. The summed E-state index contributed by atoms with van der Waals surface area (Å²) in [5.41, 5.74) is 4.28. The van der Waals surface area contributed by atoms with Crippen molar-refractivity contribution < 1.29 is 14.3 Å². The van der Waals surface area contributed by atoms with E-state index in [1.165, 1.54) is 0 Å². The number of benzene rings is 2. The van der Waals surface area contributed by atoms with Crippen LogP contribution in [0.1, 0.15) is 45.1 Å². The Bertz CT molecular complexity index is 1160.